The van der Waals surface area contributed by atoms with E-state index in [1.165, 1.54) is 7.11 Å². The zero-order valence-corrected chi connectivity index (χ0v) is 12.3. The third-order valence-corrected chi connectivity index (χ3v) is 3.50. The van der Waals surface area contributed by atoms with E-state index in [4.69, 9.17) is 9.15 Å². The van der Waals surface area contributed by atoms with Crippen molar-refractivity contribution in [3.63, 3.8) is 0 Å². The summed E-state index contributed by atoms with van der Waals surface area (Å²) in [4.78, 5) is 25.4. The van der Waals surface area contributed by atoms with Gasteiger partial charge in [0.15, 0.2) is 0 Å². The topological polar surface area (TPSA) is 97.6 Å². The molecule has 8 heteroatoms. The highest BCUT2D eigenvalue weighted by Gasteiger charge is 2.27. The molecule has 1 N–H and O–H groups in total. The van der Waals surface area contributed by atoms with Gasteiger partial charge in [0.25, 0.3) is 0 Å². The summed E-state index contributed by atoms with van der Waals surface area (Å²) in [6, 6.07) is 0.139. The van der Waals surface area contributed by atoms with E-state index in [0.29, 0.717) is 12.3 Å². The number of rotatable bonds is 5. The van der Waals surface area contributed by atoms with Gasteiger partial charge in [0.2, 0.25) is 11.8 Å². The van der Waals surface area contributed by atoms with E-state index in [0.717, 1.165) is 25.8 Å². The molecule has 2 heterocycles. The quantitative estimate of drug-likeness (QED) is 0.800. The van der Waals surface area contributed by atoms with E-state index in [9.17, 15) is 9.59 Å². The smallest absolute Gasteiger partial charge is 0.322 e. The summed E-state index contributed by atoms with van der Waals surface area (Å²) in [6.45, 7) is 2.64. The van der Waals surface area contributed by atoms with Crippen LogP contribution in [0.3, 0.4) is 0 Å². The Kier molecular flexibility index (Phi) is 5.26. The maximum Gasteiger partial charge on any atom is 0.322 e. The number of nitrogens with zero attached hydrogens (tertiary/aromatic N) is 3. The molecular formula is C13H20N4O4. The fourth-order valence-electron chi connectivity index (χ4n) is 2.47. The summed E-state index contributed by atoms with van der Waals surface area (Å²) in [6.07, 6.45) is 3.28. The van der Waals surface area contributed by atoms with Crippen molar-refractivity contribution in [1.29, 1.82) is 0 Å². The lowest BCUT2D eigenvalue weighted by Gasteiger charge is -2.34. The normalized spacial score (nSPS) is 19.2. The van der Waals surface area contributed by atoms with Crippen molar-refractivity contribution in [2.45, 2.75) is 38.6 Å². The third-order valence-electron chi connectivity index (χ3n) is 3.50. The molecule has 1 aliphatic heterocycles. The molecule has 0 spiro atoms. The summed E-state index contributed by atoms with van der Waals surface area (Å²) in [5, 5.41) is 9.92. The Morgan fingerprint density at radius 1 is 1.43 bits per heavy atom. The fraction of sp³-hybridized carbons (Fsp3) is 0.692. The van der Waals surface area contributed by atoms with Crippen LogP contribution in [0.15, 0.2) is 4.42 Å². The van der Waals surface area contributed by atoms with Crippen LogP contribution in [0.1, 0.15) is 31.6 Å². The van der Waals surface area contributed by atoms with Crippen LogP contribution in [0.2, 0.25) is 0 Å². The maximum atomic E-state index is 12.0. The molecule has 21 heavy (non-hydrogen) atoms. The molecule has 1 saturated heterocycles. The number of carbonyl (C=O) groups is 2. The molecule has 0 bridgehead atoms. The number of esters is 1. The first-order valence-corrected chi connectivity index (χ1v) is 6.99. The van der Waals surface area contributed by atoms with Crippen LogP contribution >= 0.6 is 0 Å². The lowest BCUT2D eigenvalue weighted by molar-refractivity contribution is -0.142. The zero-order chi connectivity index (χ0) is 15.2. The fourth-order valence-corrected chi connectivity index (χ4v) is 2.47. The molecule has 1 aromatic rings. The Labute approximate surface area is 122 Å². The molecule has 1 unspecified atom stereocenters. The molecule has 0 radical (unpaired) electrons. The monoisotopic (exact) mass is 296 g/mol. The van der Waals surface area contributed by atoms with Gasteiger partial charge in [0, 0.05) is 13.0 Å². The number of hydrogen-bond acceptors (Lipinski definition) is 7. The first kappa shape index (κ1) is 15.4. The van der Waals surface area contributed by atoms with Crippen molar-refractivity contribution in [2.24, 2.45) is 0 Å². The maximum absolute atomic E-state index is 12.0. The second-order valence-corrected chi connectivity index (χ2v) is 5.07. The highest BCUT2D eigenvalue weighted by molar-refractivity contribution is 5.90. The number of piperidine rings is 1. The molecule has 1 atom stereocenters. The van der Waals surface area contributed by atoms with E-state index in [1.807, 2.05) is 4.90 Å². The molecule has 2 rings (SSSR count). The van der Waals surface area contributed by atoms with E-state index in [1.54, 1.807) is 6.92 Å². The molecule has 8 nitrogen and oxygen atoms in total. The number of ether oxygens (including phenoxy) is 1. The molecule has 1 aromatic heterocycles. The average molecular weight is 296 g/mol. The molecule has 1 amide bonds. The SMILES string of the molecule is COC(=O)CC1CCCCN1CC(=O)Nc1nnc(C)o1. The number of aromatic nitrogens is 2. The van der Waals surface area contributed by atoms with E-state index < -0.39 is 0 Å². The van der Waals surface area contributed by atoms with Crippen LogP contribution in [0.5, 0.6) is 0 Å². The highest BCUT2D eigenvalue weighted by Crippen LogP contribution is 2.20. The molecule has 0 aliphatic carbocycles. The first-order chi connectivity index (χ1) is 10.1. The highest BCUT2D eigenvalue weighted by atomic mass is 16.5. The van der Waals surface area contributed by atoms with Crippen LogP contribution in [0, 0.1) is 6.92 Å². The standard InChI is InChI=1S/C13H20N4O4/c1-9-15-16-13(21-9)14-11(18)8-17-6-4-3-5-10(17)7-12(19)20-2/h10H,3-8H2,1-2H3,(H,14,16,18). The van der Waals surface area contributed by atoms with Crippen molar-refractivity contribution in [3.8, 4) is 0 Å². The lowest BCUT2D eigenvalue weighted by atomic mass is 9.99. The lowest BCUT2D eigenvalue weighted by Crippen LogP contribution is -2.45. The third kappa shape index (κ3) is 4.52. The van der Waals surface area contributed by atoms with Crippen LogP contribution in [-0.2, 0) is 14.3 Å². The summed E-state index contributed by atoms with van der Waals surface area (Å²) in [5.41, 5.74) is 0. The van der Waals surface area contributed by atoms with Crippen LogP contribution < -0.4 is 5.32 Å². The number of anilines is 1. The van der Waals surface area contributed by atoms with Crippen LogP contribution in [-0.4, -0.2) is 53.2 Å². The van der Waals surface area contributed by atoms with Crippen LogP contribution in [0.25, 0.3) is 0 Å². The minimum atomic E-state index is -0.250. The Bertz CT molecular complexity index is 502. The van der Waals surface area contributed by atoms with Gasteiger partial charge in [-0.05, 0) is 19.4 Å². The van der Waals surface area contributed by atoms with E-state index >= 15 is 0 Å². The van der Waals surface area contributed by atoms with Gasteiger partial charge in [-0.1, -0.05) is 11.5 Å². The minimum absolute atomic E-state index is 0.0429. The van der Waals surface area contributed by atoms with Crippen molar-refractivity contribution < 1.29 is 18.7 Å². The molecular weight excluding hydrogens is 276 g/mol. The number of likely N-dealkylation sites (tertiary alicyclic amines) is 1. The largest absolute Gasteiger partial charge is 0.469 e. The van der Waals surface area contributed by atoms with Crippen LogP contribution in [0.4, 0.5) is 6.01 Å². The molecule has 116 valence electrons. The number of carbonyl (C=O) groups excluding carboxylic acids is 2. The zero-order valence-electron chi connectivity index (χ0n) is 12.3. The number of methoxy groups -OCH3 is 1. The number of amides is 1. The molecule has 1 fully saturated rings. The number of aryl methyl sites for hydroxylation is 1. The molecule has 0 aromatic carbocycles. The van der Waals surface area contributed by atoms with Crippen molar-refractivity contribution in [2.75, 3.05) is 25.5 Å². The molecule has 1 aliphatic rings. The second kappa shape index (κ2) is 7.16. The van der Waals surface area contributed by atoms with E-state index in [2.05, 4.69) is 15.5 Å². The Balaban J connectivity index is 1.89. The van der Waals surface area contributed by atoms with E-state index in [-0.39, 0.29) is 30.5 Å². The summed E-state index contributed by atoms with van der Waals surface area (Å²) < 4.78 is 9.81. The van der Waals surface area contributed by atoms with Gasteiger partial charge in [-0.15, -0.1) is 5.10 Å². The van der Waals surface area contributed by atoms with Gasteiger partial charge in [-0.25, -0.2) is 0 Å². The Morgan fingerprint density at radius 3 is 2.90 bits per heavy atom. The molecule has 0 saturated carbocycles. The van der Waals surface area contributed by atoms with Gasteiger partial charge in [-0.3, -0.25) is 19.8 Å². The van der Waals surface area contributed by atoms with Crippen molar-refractivity contribution in [1.82, 2.24) is 15.1 Å². The van der Waals surface area contributed by atoms with Gasteiger partial charge in [0.1, 0.15) is 0 Å². The van der Waals surface area contributed by atoms with Gasteiger partial charge in [-0.2, -0.15) is 0 Å². The second-order valence-electron chi connectivity index (χ2n) is 5.07. The predicted molar refractivity (Wildman–Crippen MR) is 73.5 cm³/mol. The minimum Gasteiger partial charge on any atom is -0.469 e. The summed E-state index contributed by atoms with van der Waals surface area (Å²) in [7, 11) is 1.38. The van der Waals surface area contributed by atoms with Crippen molar-refractivity contribution in [3.05, 3.63) is 5.89 Å². The van der Waals surface area contributed by atoms with Gasteiger partial charge >= 0.3 is 12.0 Å². The summed E-state index contributed by atoms with van der Waals surface area (Å²) in [5.74, 6) is -0.0814. The Hall–Kier alpha value is -1.96. The van der Waals surface area contributed by atoms with Gasteiger partial charge in [0.05, 0.1) is 20.1 Å². The number of hydrogen-bond donors (Lipinski definition) is 1. The first-order valence-electron chi connectivity index (χ1n) is 6.99. The van der Waals surface area contributed by atoms with Crippen molar-refractivity contribution >= 4 is 17.9 Å². The Morgan fingerprint density at radius 2 is 2.24 bits per heavy atom. The van der Waals surface area contributed by atoms with Gasteiger partial charge < -0.3 is 9.15 Å². The number of nitrogens with one attached hydrogen (secondary N) is 1. The predicted octanol–water partition coefficient (Wildman–Crippen LogP) is 0.734. The summed E-state index contributed by atoms with van der Waals surface area (Å²) >= 11 is 0. The average Bonchev–Trinajstić information content (AvgIpc) is 2.86.